The molecular formula is C23H15FN2O3. The van der Waals surface area contributed by atoms with Gasteiger partial charge >= 0.3 is 0 Å². The van der Waals surface area contributed by atoms with Crippen LogP contribution in [0.2, 0.25) is 0 Å². The first-order chi connectivity index (χ1) is 14.2. The van der Waals surface area contributed by atoms with E-state index in [1.165, 1.54) is 12.1 Å². The van der Waals surface area contributed by atoms with E-state index >= 15 is 0 Å². The van der Waals surface area contributed by atoms with Crippen molar-refractivity contribution in [3.63, 3.8) is 0 Å². The van der Waals surface area contributed by atoms with E-state index in [0.29, 0.717) is 33.8 Å². The van der Waals surface area contributed by atoms with Gasteiger partial charge in [-0.05, 0) is 54.1 Å². The summed E-state index contributed by atoms with van der Waals surface area (Å²) in [6.07, 6.45) is 1.68. The summed E-state index contributed by atoms with van der Waals surface area (Å²) in [5.41, 5.74) is 3.18. The molecule has 3 aromatic carbocycles. The van der Waals surface area contributed by atoms with Crippen LogP contribution in [0.5, 0.6) is 11.5 Å². The van der Waals surface area contributed by atoms with Crippen LogP contribution in [0.4, 0.5) is 10.1 Å². The SMILES string of the molecule is O=C(Nc1cccc(-c2cc(F)cc3cccnc23)c1)c1ccc2c(c1)OCO2. The lowest BCUT2D eigenvalue weighted by atomic mass is 10.0. The summed E-state index contributed by atoms with van der Waals surface area (Å²) in [6, 6.07) is 18.8. The lowest BCUT2D eigenvalue weighted by Crippen LogP contribution is -2.11. The van der Waals surface area contributed by atoms with E-state index in [2.05, 4.69) is 10.3 Å². The lowest BCUT2D eigenvalue weighted by molar-refractivity contribution is 0.102. The van der Waals surface area contributed by atoms with Crippen molar-refractivity contribution in [2.75, 3.05) is 12.1 Å². The molecular weight excluding hydrogens is 371 g/mol. The molecule has 5 rings (SSSR count). The molecule has 4 aromatic rings. The van der Waals surface area contributed by atoms with Crippen LogP contribution < -0.4 is 14.8 Å². The van der Waals surface area contributed by atoms with Crippen LogP contribution in [0.15, 0.2) is 72.9 Å². The smallest absolute Gasteiger partial charge is 0.255 e. The molecule has 1 aliphatic heterocycles. The number of aromatic nitrogens is 1. The van der Waals surface area contributed by atoms with E-state index in [-0.39, 0.29) is 18.5 Å². The molecule has 0 atom stereocenters. The molecule has 0 saturated carbocycles. The Morgan fingerprint density at radius 2 is 1.86 bits per heavy atom. The minimum absolute atomic E-state index is 0.151. The Balaban J connectivity index is 1.47. The van der Waals surface area contributed by atoms with Crippen LogP contribution >= 0.6 is 0 Å². The summed E-state index contributed by atoms with van der Waals surface area (Å²) in [4.78, 5) is 17.0. The second-order valence-electron chi connectivity index (χ2n) is 6.63. The second-order valence-corrected chi connectivity index (χ2v) is 6.63. The highest BCUT2D eigenvalue weighted by atomic mass is 19.1. The largest absolute Gasteiger partial charge is 0.454 e. The fraction of sp³-hybridized carbons (Fsp3) is 0.0435. The second kappa shape index (κ2) is 6.91. The van der Waals surface area contributed by atoms with Gasteiger partial charge in [-0.2, -0.15) is 0 Å². The van der Waals surface area contributed by atoms with Crippen LogP contribution in [0.3, 0.4) is 0 Å². The van der Waals surface area contributed by atoms with Crippen molar-refractivity contribution in [3.05, 3.63) is 84.3 Å². The maximum Gasteiger partial charge on any atom is 0.255 e. The first-order valence-electron chi connectivity index (χ1n) is 9.03. The molecule has 1 aliphatic rings. The lowest BCUT2D eigenvalue weighted by Gasteiger charge is -2.10. The minimum atomic E-state index is -0.338. The van der Waals surface area contributed by atoms with E-state index in [1.54, 1.807) is 42.6 Å². The normalized spacial score (nSPS) is 12.2. The highest BCUT2D eigenvalue weighted by Gasteiger charge is 2.16. The molecule has 0 radical (unpaired) electrons. The van der Waals surface area contributed by atoms with Crippen molar-refractivity contribution in [1.29, 1.82) is 0 Å². The van der Waals surface area contributed by atoms with Crippen LogP contribution in [-0.4, -0.2) is 17.7 Å². The molecule has 5 nitrogen and oxygen atoms in total. The number of nitrogens with zero attached hydrogens (tertiary/aromatic N) is 1. The number of fused-ring (bicyclic) bond motifs is 2. The van der Waals surface area contributed by atoms with Gasteiger partial charge in [-0.15, -0.1) is 0 Å². The van der Waals surface area contributed by atoms with Crippen LogP contribution in [-0.2, 0) is 0 Å². The monoisotopic (exact) mass is 386 g/mol. The number of hydrogen-bond acceptors (Lipinski definition) is 4. The number of amides is 1. The zero-order chi connectivity index (χ0) is 19.8. The number of benzene rings is 3. The molecule has 0 unspecified atom stereocenters. The molecule has 142 valence electrons. The summed E-state index contributed by atoms with van der Waals surface area (Å²) in [5.74, 6) is 0.552. The minimum Gasteiger partial charge on any atom is -0.454 e. The fourth-order valence-corrected chi connectivity index (χ4v) is 3.38. The zero-order valence-electron chi connectivity index (χ0n) is 15.2. The van der Waals surface area contributed by atoms with Gasteiger partial charge < -0.3 is 14.8 Å². The number of anilines is 1. The number of carbonyl (C=O) groups is 1. The van der Waals surface area contributed by atoms with Crippen molar-refractivity contribution < 1.29 is 18.7 Å². The number of hydrogen-bond donors (Lipinski definition) is 1. The molecule has 0 bridgehead atoms. The molecule has 6 heteroatoms. The highest BCUT2D eigenvalue weighted by molar-refractivity contribution is 6.05. The standard InChI is InChI=1S/C23H15FN2O3/c24-17-9-15-4-2-8-25-22(15)19(12-17)14-3-1-5-18(10-14)26-23(27)16-6-7-20-21(11-16)29-13-28-20/h1-12H,13H2,(H,26,27). The Hall–Kier alpha value is -3.93. The summed E-state index contributed by atoms with van der Waals surface area (Å²) >= 11 is 0. The number of halogens is 1. The topological polar surface area (TPSA) is 60.5 Å². The van der Waals surface area contributed by atoms with E-state index in [4.69, 9.17) is 9.47 Å². The van der Waals surface area contributed by atoms with Crippen molar-refractivity contribution in [3.8, 4) is 22.6 Å². The summed E-state index contributed by atoms with van der Waals surface area (Å²) < 4.78 is 24.7. The van der Waals surface area contributed by atoms with Crippen molar-refractivity contribution >= 4 is 22.5 Å². The van der Waals surface area contributed by atoms with Gasteiger partial charge in [0, 0.05) is 28.4 Å². The van der Waals surface area contributed by atoms with Crippen LogP contribution in [0, 0.1) is 5.82 Å². The third-order valence-corrected chi connectivity index (χ3v) is 4.74. The zero-order valence-corrected chi connectivity index (χ0v) is 15.2. The summed E-state index contributed by atoms with van der Waals surface area (Å²) in [5, 5.41) is 3.59. The third-order valence-electron chi connectivity index (χ3n) is 4.74. The first-order valence-corrected chi connectivity index (χ1v) is 9.03. The van der Waals surface area contributed by atoms with Crippen molar-refractivity contribution in [2.45, 2.75) is 0 Å². The molecule has 0 saturated heterocycles. The van der Waals surface area contributed by atoms with Crippen molar-refractivity contribution in [1.82, 2.24) is 4.98 Å². The first kappa shape index (κ1) is 17.2. The quantitative estimate of drug-likeness (QED) is 0.537. The van der Waals surface area contributed by atoms with E-state index < -0.39 is 0 Å². The fourth-order valence-electron chi connectivity index (χ4n) is 3.38. The molecule has 29 heavy (non-hydrogen) atoms. The number of nitrogens with one attached hydrogen (secondary N) is 1. The average molecular weight is 386 g/mol. The Labute approximate surface area is 165 Å². The molecule has 2 heterocycles. The third kappa shape index (κ3) is 3.25. The average Bonchev–Trinajstić information content (AvgIpc) is 3.21. The number of ether oxygens (including phenoxy) is 2. The predicted molar refractivity (Wildman–Crippen MR) is 108 cm³/mol. The van der Waals surface area contributed by atoms with E-state index in [1.807, 2.05) is 18.2 Å². The molecule has 1 aromatic heterocycles. The Kier molecular flexibility index (Phi) is 4.09. The van der Waals surface area contributed by atoms with Gasteiger partial charge in [0.15, 0.2) is 11.5 Å². The molecule has 0 spiro atoms. The summed E-state index contributed by atoms with van der Waals surface area (Å²) in [7, 11) is 0. The molecule has 0 aliphatic carbocycles. The maximum absolute atomic E-state index is 14.1. The summed E-state index contributed by atoms with van der Waals surface area (Å²) in [6.45, 7) is 0.151. The molecule has 0 fully saturated rings. The van der Waals surface area contributed by atoms with Gasteiger partial charge in [0.05, 0.1) is 5.52 Å². The van der Waals surface area contributed by atoms with Crippen LogP contribution in [0.25, 0.3) is 22.0 Å². The Morgan fingerprint density at radius 1 is 0.966 bits per heavy atom. The van der Waals surface area contributed by atoms with E-state index in [9.17, 15) is 9.18 Å². The van der Waals surface area contributed by atoms with Gasteiger partial charge in [0.1, 0.15) is 5.82 Å². The molecule has 1 amide bonds. The van der Waals surface area contributed by atoms with Gasteiger partial charge in [0.2, 0.25) is 6.79 Å². The highest BCUT2D eigenvalue weighted by Crippen LogP contribution is 2.33. The number of carbonyl (C=O) groups excluding carboxylic acids is 1. The van der Waals surface area contributed by atoms with Gasteiger partial charge in [-0.3, -0.25) is 9.78 Å². The van der Waals surface area contributed by atoms with Gasteiger partial charge in [-0.25, -0.2) is 4.39 Å². The van der Waals surface area contributed by atoms with Gasteiger partial charge in [-0.1, -0.05) is 18.2 Å². The van der Waals surface area contributed by atoms with Gasteiger partial charge in [0.25, 0.3) is 5.91 Å². The Bertz CT molecular complexity index is 1260. The maximum atomic E-state index is 14.1. The van der Waals surface area contributed by atoms with Crippen LogP contribution in [0.1, 0.15) is 10.4 Å². The molecule has 1 N–H and O–H groups in total. The number of rotatable bonds is 3. The predicted octanol–water partition coefficient (Wildman–Crippen LogP) is 5.02. The Morgan fingerprint density at radius 3 is 2.79 bits per heavy atom. The number of pyridine rings is 1. The van der Waals surface area contributed by atoms with E-state index in [0.717, 1.165) is 10.9 Å². The van der Waals surface area contributed by atoms with Crippen molar-refractivity contribution in [2.24, 2.45) is 0 Å².